The lowest BCUT2D eigenvalue weighted by Gasteiger charge is -2.26. The van der Waals surface area contributed by atoms with Gasteiger partial charge in [-0.3, -0.25) is 4.79 Å². The maximum absolute atomic E-state index is 14.3. The molecule has 4 rings (SSSR count). The third-order valence-electron chi connectivity index (χ3n) is 5.03. The average molecular weight is 420 g/mol. The smallest absolute Gasteiger partial charge is 0.224 e. The first-order valence-electron chi connectivity index (χ1n) is 9.48. The fourth-order valence-electron chi connectivity index (χ4n) is 3.68. The Labute approximate surface area is 171 Å². The van der Waals surface area contributed by atoms with Crippen LogP contribution in [0.2, 0.25) is 0 Å². The topological polar surface area (TPSA) is 62.5 Å². The summed E-state index contributed by atoms with van der Waals surface area (Å²) in [4.78, 5) is 18.6. The molecule has 1 fully saturated rings. The molecule has 1 amide bonds. The van der Waals surface area contributed by atoms with Crippen LogP contribution in [-0.4, -0.2) is 32.9 Å². The minimum Gasteiger partial charge on any atom is -0.349 e. The van der Waals surface area contributed by atoms with Gasteiger partial charge in [0, 0.05) is 30.6 Å². The lowest BCUT2D eigenvalue weighted by Crippen LogP contribution is -2.24. The molecule has 0 radical (unpaired) electrons. The number of carbonyl (C=O) groups is 1. The zero-order valence-electron chi connectivity index (χ0n) is 15.6. The van der Waals surface area contributed by atoms with Gasteiger partial charge in [0.2, 0.25) is 5.91 Å². The summed E-state index contributed by atoms with van der Waals surface area (Å²) in [5, 5.41) is 7.01. The van der Waals surface area contributed by atoms with Crippen LogP contribution in [0.15, 0.2) is 36.7 Å². The molecule has 1 atom stereocenters. The van der Waals surface area contributed by atoms with Crippen LogP contribution >= 0.6 is 11.6 Å². The van der Waals surface area contributed by atoms with Gasteiger partial charge in [-0.1, -0.05) is 0 Å². The van der Waals surface area contributed by atoms with E-state index in [9.17, 15) is 13.6 Å². The summed E-state index contributed by atoms with van der Waals surface area (Å²) in [6.45, 7) is 0.676. The molecular formula is C20H20ClF2N5O. The fraction of sp³-hybridized carbons (Fsp3) is 0.350. The number of rotatable bonds is 6. The molecule has 0 spiro atoms. The van der Waals surface area contributed by atoms with Crippen LogP contribution < -0.4 is 10.2 Å². The predicted octanol–water partition coefficient (Wildman–Crippen LogP) is 4.31. The number of benzene rings is 1. The van der Waals surface area contributed by atoms with Gasteiger partial charge in [0.25, 0.3) is 0 Å². The number of amides is 1. The van der Waals surface area contributed by atoms with Gasteiger partial charge in [-0.05, 0) is 43.5 Å². The van der Waals surface area contributed by atoms with Gasteiger partial charge < -0.3 is 10.2 Å². The Hall–Kier alpha value is -2.74. The van der Waals surface area contributed by atoms with Gasteiger partial charge >= 0.3 is 0 Å². The number of hydrogen-bond acceptors (Lipinski definition) is 4. The van der Waals surface area contributed by atoms with Gasteiger partial charge in [-0.2, -0.15) is 5.10 Å². The molecule has 1 aromatic carbocycles. The Balaban J connectivity index is 1.64. The third-order valence-corrected chi connectivity index (χ3v) is 5.30. The van der Waals surface area contributed by atoms with Crippen molar-refractivity contribution in [2.75, 3.05) is 22.6 Å². The van der Waals surface area contributed by atoms with Gasteiger partial charge in [0.15, 0.2) is 5.65 Å². The van der Waals surface area contributed by atoms with E-state index < -0.39 is 11.6 Å². The Morgan fingerprint density at radius 1 is 1.31 bits per heavy atom. The molecule has 6 nitrogen and oxygen atoms in total. The van der Waals surface area contributed by atoms with Crippen molar-refractivity contribution in [3.63, 3.8) is 0 Å². The number of anilines is 2. The van der Waals surface area contributed by atoms with E-state index in [1.54, 1.807) is 23.0 Å². The van der Waals surface area contributed by atoms with E-state index in [0.29, 0.717) is 54.4 Å². The summed E-state index contributed by atoms with van der Waals surface area (Å²) < 4.78 is 29.6. The number of aromatic nitrogens is 3. The normalized spacial score (nSPS) is 16.5. The van der Waals surface area contributed by atoms with E-state index in [1.165, 1.54) is 6.07 Å². The summed E-state index contributed by atoms with van der Waals surface area (Å²) >= 11 is 5.64. The Morgan fingerprint density at radius 2 is 2.17 bits per heavy atom. The van der Waals surface area contributed by atoms with Crippen molar-refractivity contribution in [1.29, 1.82) is 0 Å². The largest absolute Gasteiger partial charge is 0.349 e. The first-order chi connectivity index (χ1) is 14.1. The second-order valence-corrected chi connectivity index (χ2v) is 7.35. The molecule has 9 heteroatoms. The Kier molecular flexibility index (Phi) is 5.62. The summed E-state index contributed by atoms with van der Waals surface area (Å²) in [5.41, 5.74) is 1.32. The van der Waals surface area contributed by atoms with Crippen LogP contribution in [0.25, 0.3) is 5.65 Å². The molecule has 152 valence electrons. The van der Waals surface area contributed by atoms with Crippen molar-refractivity contribution >= 4 is 34.7 Å². The number of nitrogens with one attached hydrogen (secondary N) is 1. The van der Waals surface area contributed by atoms with E-state index >= 15 is 0 Å². The highest BCUT2D eigenvalue weighted by Gasteiger charge is 2.30. The zero-order valence-corrected chi connectivity index (χ0v) is 16.4. The molecular weight excluding hydrogens is 400 g/mol. The highest BCUT2D eigenvalue weighted by atomic mass is 35.5. The SMILES string of the molecule is O=C(CCCCl)Nc1cnn2ccc(N3CCC[C@@H]3c3cc(F)ccc3F)nc12. The number of alkyl halides is 1. The van der Waals surface area contributed by atoms with Gasteiger partial charge in [0.1, 0.15) is 23.1 Å². The standard InChI is InChI=1S/C20H20ClF2N5O/c21-8-1-4-19(29)25-16-12-24-28-10-7-18(26-20(16)28)27-9-2-3-17(27)14-11-13(22)5-6-15(14)23/h5-7,10-12,17H,1-4,8-9H2,(H,25,29)/t17-/m1/s1. The number of fused-ring (bicyclic) bond motifs is 1. The monoisotopic (exact) mass is 419 g/mol. The van der Waals surface area contributed by atoms with Crippen LogP contribution in [0.3, 0.4) is 0 Å². The third kappa shape index (κ3) is 4.03. The van der Waals surface area contributed by atoms with Crippen molar-refractivity contribution in [3.8, 4) is 0 Å². The number of halogens is 3. The van der Waals surface area contributed by atoms with E-state index in [0.717, 1.165) is 18.6 Å². The van der Waals surface area contributed by atoms with Gasteiger partial charge in [-0.15, -0.1) is 11.6 Å². The van der Waals surface area contributed by atoms with Crippen molar-refractivity contribution in [2.45, 2.75) is 31.7 Å². The van der Waals surface area contributed by atoms with E-state index in [1.807, 2.05) is 4.90 Å². The average Bonchev–Trinajstić information content (AvgIpc) is 3.35. The molecule has 0 aliphatic carbocycles. The number of carbonyl (C=O) groups excluding carboxylic acids is 1. The minimum atomic E-state index is -0.464. The Morgan fingerprint density at radius 3 is 3.00 bits per heavy atom. The van der Waals surface area contributed by atoms with Crippen molar-refractivity contribution in [3.05, 3.63) is 53.9 Å². The highest BCUT2D eigenvalue weighted by molar-refractivity contribution is 6.18. The molecule has 1 saturated heterocycles. The van der Waals surface area contributed by atoms with E-state index in [4.69, 9.17) is 11.6 Å². The van der Waals surface area contributed by atoms with Crippen LogP contribution in [-0.2, 0) is 4.79 Å². The molecule has 3 heterocycles. The second-order valence-electron chi connectivity index (χ2n) is 6.97. The molecule has 0 unspecified atom stereocenters. The maximum atomic E-state index is 14.3. The lowest BCUT2D eigenvalue weighted by molar-refractivity contribution is -0.116. The maximum Gasteiger partial charge on any atom is 0.224 e. The molecule has 1 N–H and O–H groups in total. The van der Waals surface area contributed by atoms with E-state index in [2.05, 4.69) is 15.4 Å². The predicted molar refractivity (Wildman–Crippen MR) is 107 cm³/mol. The summed E-state index contributed by atoms with van der Waals surface area (Å²) in [5.74, 6) is -0.0122. The highest BCUT2D eigenvalue weighted by Crippen LogP contribution is 2.37. The van der Waals surface area contributed by atoms with Crippen LogP contribution in [0, 0.1) is 11.6 Å². The van der Waals surface area contributed by atoms with Crippen molar-refractivity contribution in [2.24, 2.45) is 0 Å². The molecule has 0 saturated carbocycles. The molecule has 1 aliphatic rings. The summed E-state index contributed by atoms with van der Waals surface area (Å²) in [6, 6.07) is 5.01. The van der Waals surface area contributed by atoms with Crippen molar-refractivity contribution in [1.82, 2.24) is 14.6 Å². The fourth-order valence-corrected chi connectivity index (χ4v) is 3.82. The summed E-state index contributed by atoms with van der Waals surface area (Å²) in [7, 11) is 0. The quantitative estimate of drug-likeness (QED) is 0.605. The van der Waals surface area contributed by atoms with Gasteiger partial charge in [-0.25, -0.2) is 18.3 Å². The molecule has 2 aromatic heterocycles. The first kappa shape index (κ1) is 19.6. The minimum absolute atomic E-state index is 0.159. The number of nitrogens with zero attached hydrogens (tertiary/aromatic N) is 4. The van der Waals surface area contributed by atoms with Crippen LogP contribution in [0.4, 0.5) is 20.3 Å². The Bertz CT molecular complexity index is 1040. The van der Waals surface area contributed by atoms with Crippen molar-refractivity contribution < 1.29 is 13.6 Å². The summed E-state index contributed by atoms with van der Waals surface area (Å²) in [6.07, 6.45) is 5.72. The van der Waals surface area contributed by atoms with E-state index in [-0.39, 0.29) is 11.9 Å². The first-order valence-corrected chi connectivity index (χ1v) is 10.0. The number of hydrogen-bond donors (Lipinski definition) is 1. The molecule has 1 aliphatic heterocycles. The lowest BCUT2D eigenvalue weighted by atomic mass is 10.0. The second kappa shape index (κ2) is 8.32. The van der Waals surface area contributed by atoms with Crippen LogP contribution in [0.1, 0.15) is 37.3 Å². The molecule has 0 bridgehead atoms. The molecule has 29 heavy (non-hydrogen) atoms. The van der Waals surface area contributed by atoms with Crippen LogP contribution in [0.5, 0.6) is 0 Å². The zero-order chi connectivity index (χ0) is 20.4. The molecule has 3 aromatic rings. The van der Waals surface area contributed by atoms with Gasteiger partial charge in [0.05, 0.1) is 12.2 Å².